The van der Waals surface area contributed by atoms with Crippen LogP contribution in [0.5, 0.6) is 5.75 Å². The molecule has 3 heterocycles. The number of ether oxygens (including phenoxy) is 2. The van der Waals surface area contributed by atoms with Gasteiger partial charge in [0.25, 0.3) is 5.91 Å². The standard InChI is InChI=1S/C23H29N5O3S/c1-16-19-21(24-9-10-28-11-13-31-14-12-28)26-15-27-23(19)32-20(16)22(29)25-8-7-17-3-5-18(30-2)6-4-17/h3-6,15H,7-14H2,1-2H3,(H,25,29)(H,24,26,27). The predicted molar refractivity (Wildman–Crippen MR) is 127 cm³/mol. The Labute approximate surface area is 192 Å². The average molecular weight is 456 g/mol. The largest absolute Gasteiger partial charge is 0.497 e. The van der Waals surface area contributed by atoms with E-state index < -0.39 is 0 Å². The van der Waals surface area contributed by atoms with Gasteiger partial charge in [-0.2, -0.15) is 0 Å². The van der Waals surface area contributed by atoms with Gasteiger partial charge in [0.15, 0.2) is 0 Å². The van der Waals surface area contributed by atoms with E-state index in [1.165, 1.54) is 11.3 Å². The van der Waals surface area contributed by atoms with Crippen molar-refractivity contribution in [1.82, 2.24) is 20.2 Å². The third kappa shape index (κ3) is 5.35. The van der Waals surface area contributed by atoms with Crippen LogP contribution in [0.25, 0.3) is 10.2 Å². The number of nitrogens with zero attached hydrogens (tertiary/aromatic N) is 3. The minimum absolute atomic E-state index is 0.0710. The molecule has 1 fully saturated rings. The summed E-state index contributed by atoms with van der Waals surface area (Å²) in [4.78, 5) is 25.6. The van der Waals surface area contributed by atoms with Crippen molar-refractivity contribution in [3.63, 3.8) is 0 Å². The van der Waals surface area contributed by atoms with E-state index in [9.17, 15) is 4.79 Å². The minimum Gasteiger partial charge on any atom is -0.497 e. The lowest BCUT2D eigenvalue weighted by atomic mass is 10.1. The van der Waals surface area contributed by atoms with Crippen molar-refractivity contribution in [2.75, 3.05) is 58.4 Å². The molecule has 8 nitrogen and oxygen atoms in total. The van der Waals surface area contributed by atoms with E-state index in [1.54, 1.807) is 13.4 Å². The molecule has 9 heteroatoms. The van der Waals surface area contributed by atoms with Crippen LogP contribution in [0, 0.1) is 6.92 Å². The molecule has 0 bridgehead atoms. The van der Waals surface area contributed by atoms with Crippen molar-refractivity contribution < 1.29 is 14.3 Å². The number of thiophene rings is 1. The fraction of sp³-hybridized carbons (Fsp3) is 0.435. The Morgan fingerprint density at radius 1 is 1.19 bits per heavy atom. The van der Waals surface area contributed by atoms with E-state index in [2.05, 4.69) is 25.5 Å². The van der Waals surface area contributed by atoms with E-state index in [-0.39, 0.29) is 5.91 Å². The quantitative estimate of drug-likeness (QED) is 0.513. The molecule has 32 heavy (non-hydrogen) atoms. The maximum atomic E-state index is 12.8. The topological polar surface area (TPSA) is 88.6 Å². The number of benzene rings is 1. The molecule has 0 atom stereocenters. The predicted octanol–water partition coefficient (Wildman–Crippen LogP) is 2.72. The van der Waals surface area contributed by atoms with Crippen molar-refractivity contribution in [3.05, 3.63) is 46.6 Å². The van der Waals surface area contributed by atoms with Crippen molar-refractivity contribution in [2.45, 2.75) is 13.3 Å². The lowest BCUT2D eigenvalue weighted by Gasteiger charge is -2.26. The van der Waals surface area contributed by atoms with Crippen molar-refractivity contribution in [3.8, 4) is 5.75 Å². The molecule has 0 spiro atoms. The summed E-state index contributed by atoms with van der Waals surface area (Å²) in [6, 6.07) is 7.89. The zero-order valence-corrected chi connectivity index (χ0v) is 19.3. The lowest BCUT2D eigenvalue weighted by molar-refractivity contribution is 0.0398. The number of hydrogen-bond acceptors (Lipinski definition) is 8. The Morgan fingerprint density at radius 2 is 1.97 bits per heavy atom. The van der Waals surface area contributed by atoms with Gasteiger partial charge in [0, 0.05) is 32.7 Å². The molecular weight excluding hydrogens is 426 g/mol. The molecule has 1 saturated heterocycles. The number of carbonyl (C=O) groups is 1. The number of aryl methyl sites for hydroxylation is 1. The second-order valence-corrected chi connectivity index (χ2v) is 8.69. The summed E-state index contributed by atoms with van der Waals surface area (Å²) >= 11 is 1.41. The van der Waals surface area contributed by atoms with Gasteiger partial charge >= 0.3 is 0 Å². The molecule has 0 radical (unpaired) electrons. The molecule has 4 rings (SSSR count). The minimum atomic E-state index is -0.0710. The van der Waals surface area contributed by atoms with Gasteiger partial charge in [0.2, 0.25) is 0 Å². The number of carbonyl (C=O) groups excluding carboxylic acids is 1. The van der Waals surface area contributed by atoms with Crippen LogP contribution in [-0.2, 0) is 11.2 Å². The second-order valence-electron chi connectivity index (χ2n) is 7.69. The van der Waals surface area contributed by atoms with Crippen LogP contribution in [0.2, 0.25) is 0 Å². The molecule has 2 N–H and O–H groups in total. The first-order chi connectivity index (χ1) is 15.7. The number of fused-ring (bicyclic) bond motifs is 1. The highest BCUT2D eigenvalue weighted by Crippen LogP contribution is 2.33. The Kier molecular flexibility index (Phi) is 7.51. The monoisotopic (exact) mass is 455 g/mol. The molecule has 1 amide bonds. The van der Waals surface area contributed by atoms with E-state index in [0.717, 1.165) is 78.7 Å². The Hall–Kier alpha value is -2.75. The van der Waals surface area contributed by atoms with Crippen LogP contribution < -0.4 is 15.4 Å². The molecule has 0 unspecified atom stereocenters. The molecular formula is C23H29N5O3S. The molecule has 1 aliphatic heterocycles. The van der Waals surface area contributed by atoms with Gasteiger partial charge in [-0.15, -0.1) is 11.3 Å². The number of methoxy groups -OCH3 is 1. The molecule has 0 saturated carbocycles. The summed E-state index contributed by atoms with van der Waals surface area (Å²) < 4.78 is 10.6. The number of anilines is 1. The third-order valence-corrected chi connectivity index (χ3v) is 6.81. The molecule has 2 aromatic heterocycles. The number of morpholine rings is 1. The first-order valence-electron chi connectivity index (χ1n) is 10.8. The Morgan fingerprint density at radius 3 is 2.72 bits per heavy atom. The highest BCUT2D eigenvalue weighted by atomic mass is 32.1. The van der Waals surface area contributed by atoms with Crippen LogP contribution >= 0.6 is 11.3 Å². The van der Waals surface area contributed by atoms with Crippen molar-refractivity contribution >= 4 is 33.3 Å². The van der Waals surface area contributed by atoms with Crippen LogP contribution in [0.4, 0.5) is 5.82 Å². The van der Waals surface area contributed by atoms with Crippen molar-refractivity contribution in [2.24, 2.45) is 0 Å². The van der Waals surface area contributed by atoms with Gasteiger partial charge in [-0.1, -0.05) is 12.1 Å². The van der Waals surface area contributed by atoms with Gasteiger partial charge in [-0.05, 0) is 36.6 Å². The molecule has 1 aromatic carbocycles. The summed E-state index contributed by atoms with van der Waals surface area (Å²) in [5, 5.41) is 7.40. The smallest absolute Gasteiger partial charge is 0.261 e. The van der Waals surface area contributed by atoms with E-state index in [1.807, 2.05) is 31.2 Å². The molecule has 1 aliphatic rings. The summed E-state index contributed by atoms with van der Waals surface area (Å²) in [5.41, 5.74) is 2.07. The fourth-order valence-corrected chi connectivity index (χ4v) is 4.84. The van der Waals surface area contributed by atoms with Gasteiger partial charge in [-0.3, -0.25) is 9.69 Å². The Balaban J connectivity index is 1.37. The molecule has 170 valence electrons. The first kappa shape index (κ1) is 22.4. The zero-order valence-electron chi connectivity index (χ0n) is 18.5. The van der Waals surface area contributed by atoms with E-state index >= 15 is 0 Å². The number of hydrogen-bond donors (Lipinski definition) is 2. The number of nitrogens with one attached hydrogen (secondary N) is 2. The highest BCUT2D eigenvalue weighted by molar-refractivity contribution is 7.20. The summed E-state index contributed by atoms with van der Waals surface area (Å²) in [7, 11) is 1.65. The maximum absolute atomic E-state index is 12.8. The summed E-state index contributed by atoms with van der Waals surface area (Å²) in [6.45, 7) is 7.74. The van der Waals surface area contributed by atoms with Crippen molar-refractivity contribution in [1.29, 1.82) is 0 Å². The summed E-state index contributed by atoms with van der Waals surface area (Å²) in [6.07, 6.45) is 2.31. The van der Waals surface area contributed by atoms with Gasteiger partial charge in [0.05, 0.1) is 30.6 Å². The average Bonchev–Trinajstić information content (AvgIpc) is 3.17. The SMILES string of the molecule is COc1ccc(CCNC(=O)c2sc3ncnc(NCCN4CCOCC4)c3c2C)cc1. The highest BCUT2D eigenvalue weighted by Gasteiger charge is 2.19. The Bertz CT molecular complexity index is 1050. The van der Waals surface area contributed by atoms with Gasteiger partial charge < -0.3 is 20.1 Å². The first-order valence-corrected chi connectivity index (χ1v) is 11.7. The van der Waals surface area contributed by atoms with E-state index in [4.69, 9.17) is 9.47 Å². The van der Waals surface area contributed by atoms with E-state index in [0.29, 0.717) is 11.4 Å². The maximum Gasteiger partial charge on any atom is 0.261 e. The second kappa shape index (κ2) is 10.7. The number of rotatable bonds is 9. The molecule has 3 aromatic rings. The van der Waals surface area contributed by atoms with Gasteiger partial charge in [0.1, 0.15) is 22.7 Å². The zero-order chi connectivity index (χ0) is 22.3. The fourth-order valence-electron chi connectivity index (χ4n) is 3.77. The number of aromatic nitrogens is 2. The summed E-state index contributed by atoms with van der Waals surface area (Å²) in [5.74, 6) is 1.54. The van der Waals surface area contributed by atoms with Crippen LogP contribution in [-0.4, -0.2) is 73.8 Å². The van der Waals surface area contributed by atoms with Crippen LogP contribution in [0.15, 0.2) is 30.6 Å². The van der Waals surface area contributed by atoms with Crippen LogP contribution in [0.1, 0.15) is 20.8 Å². The van der Waals surface area contributed by atoms with Gasteiger partial charge in [-0.25, -0.2) is 9.97 Å². The van der Waals surface area contributed by atoms with Crippen LogP contribution in [0.3, 0.4) is 0 Å². The normalized spacial score (nSPS) is 14.4. The lowest BCUT2D eigenvalue weighted by Crippen LogP contribution is -2.39. The third-order valence-electron chi connectivity index (χ3n) is 5.62. The number of amides is 1. The molecule has 0 aliphatic carbocycles.